The minimum atomic E-state index is -0.259. The first-order valence-corrected chi connectivity index (χ1v) is 6.07. The van der Waals surface area contributed by atoms with E-state index in [1.165, 1.54) is 12.3 Å². The molecule has 0 saturated heterocycles. The minimum Gasteiger partial charge on any atom is -0.382 e. The molecule has 1 unspecified atom stereocenters. The smallest absolute Gasteiger partial charge is 0.253 e. The Kier molecular flexibility index (Phi) is 3.97. The van der Waals surface area contributed by atoms with Crippen molar-refractivity contribution in [2.45, 2.75) is 13.0 Å². The molecule has 0 saturated carbocycles. The van der Waals surface area contributed by atoms with Crippen LogP contribution in [0.1, 0.15) is 28.9 Å². The summed E-state index contributed by atoms with van der Waals surface area (Å²) in [5.41, 5.74) is 6.79. The fourth-order valence-electron chi connectivity index (χ4n) is 1.57. The summed E-state index contributed by atoms with van der Waals surface area (Å²) in [6, 6.07) is 5.05. The van der Waals surface area contributed by atoms with E-state index in [-0.39, 0.29) is 22.8 Å². The molecule has 0 fully saturated rings. The second kappa shape index (κ2) is 5.67. The number of hydrogen-bond acceptors (Lipinski definition) is 4. The summed E-state index contributed by atoms with van der Waals surface area (Å²) in [6.45, 7) is 1.88. The van der Waals surface area contributed by atoms with E-state index < -0.39 is 0 Å². The maximum Gasteiger partial charge on any atom is 0.253 e. The standard InChI is InChI=1S/C13H13ClN4O/c1-8(9-3-2-4-16-6-9)18-13(19)10-5-11(14)12(15)17-7-10/h2-8H,1H3,(H2,15,17)(H,18,19). The van der Waals surface area contributed by atoms with E-state index in [0.29, 0.717) is 5.56 Å². The summed E-state index contributed by atoms with van der Waals surface area (Å²) >= 11 is 5.83. The molecule has 1 amide bonds. The SMILES string of the molecule is CC(NC(=O)c1cnc(N)c(Cl)c1)c1cccnc1. The molecule has 1 atom stereocenters. The van der Waals surface area contributed by atoms with Gasteiger partial charge in [-0.3, -0.25) is 9.78 Å². The number of aromatic nitrogens is 2. The summed E-state index contributed by atoms with van der Waals surface area (Å²) in [5, 5.41) is 3.11. The molecular formula is C13H13ClN4O. The summed E-state index contributed by atoms with van der Waals surface area (Å²) in [5.74, 6) is -0.0516. The van der Waals surface area contributed by atoms with Crippen LogP contribution in [-0.2, 0) is 0 Å². The molecule has 2 heterocycles. The van der Waals surface area contributed by atoms with Gasteiger partial charge in [0, 0.05) is 18.6 Å². The fourth-order valence-corrected chi connectivity index (χ4v) is 1.73. The molecule has 5 nitrogen and oxygen atoms in total. The zero-order valence-electron chi connectivity index (χ0n) is 10.3. The van der Waals surface area contributed by atoms with Gasteiger partial charge < -0.3 is 11.1 Å². The molecule has 6 heteroatoms. The predicted molar refractivity (Wildman–Crippen MR) is 73.8 cm³/mol. The zero-order valence-corrected chi connectivity index (χ0v) is 11.1. The van der Waals surface area contributed by atoms with Crippen molar-refractivity contribution in [2.24, 2.45) is 0 Å². The number of rotatable bonds is 3. The minimum absolute atomic E-state index is 0.155. The summed E-state index contributed by atoms with van der Waals surface area (Å²) in [6.07, 6.45) is 4.79. The molecule has 19 heavy (non-hydrogen) atoms. The van der Waals surface area contributed by atoms with Crippen LogP contribution < -0.4 is 11.1 Å². The highest BCUT2D eigenvalue weighted by Gasteiger charge is 2.13. The Labute approximate surface area is 115 Å². The van der Waals surface area contributed by atoms with Gasteiger partial charge in [-0.2, -0.15) is 0 Å². The Bertz CT molecular complexity index is 588. The van der Waals surface area contributed by atoms with Gasteiger partial charge in [-0.25, -0.2) is 4.98 Å². The van der Waals surface area contributed by atoms with Crippen molar-refractivity contribution in [1.82, 2.24) is 15.3 Å². The first-order chi connectivity index (χ1) is 9.08. The number of nitrogens with one attached hydrogen (secondary N) is 1. The molecule has 0 aliphatic rings. The molecule has 0 bridgehead atoms. The molecule has 0 aliphatic carbocycles. The van der Waals surface area contributed by atoms with Crippen LogP contribution in [0.3, 0.4) is 0 Å². The highest BCUT2D eigenvalue weighted by molar-refractivity contribution is 6.33. The molecular weight excluding hydrogens is 264 g/mol. The van der Waals surface area contributed by atoms with Crippen LogP contribution in [0.4, 0.5) is 5.82 Å². The van der Waals surface area contributed by atoms with E-state index >= 15 is 0 Å². The summed E-state index contributed by atoms with van der Waals surface area (Å²) in [7, 11) is 0. The Morgan fingerprint density at radius 3 is 2.89 bits per heavy atom. The third-order valence-corrected chi connectivity index (χ3v) is 2.97. The van der Waals surface area contributed by atoms with Gasteiger partial charge in [0.2, 0.25) is 0 Å². The Hall–Kier alpha value is -2.14. The zero-order chi connectivity index (χ0) is 13.8. The lowest BCUT2D eigenvalue weighted by Gasteiger charge is -2.13. The lowest BCUT2D eigenvalue weighted by atomic mass is 10.1. The molecule has 0 aromatic carbocycles. The third-order valence-electron chi connectivity index (χ3n) is 2.66. The van der Waals surface area contributed by atoms with Crippen LogP contribution in [0.25, 0.3) is 0 Å². The Balaban J connectivity index is 2.11. The van der Waals surface area contributed by atoms with Gasteiger partial charge in [-0.1, -0.05) is 17.7 Å². The Morgan fingerprint density at radius 1 is 1.47 bits per heavy atom. The van der Waals surface area contributed by atoms with Crippen molar-refractivity contribution >= 4 is 23.3 Å². The second-order valence-electron chi connectivity index (χ2n) is 4.07. The van der Waals surface area contributed by atoms with Gasteiger partial charge in [-0.05, 0) is 24.6 Å². The number of halogens is 1. The molecule has 2 aromatic heterocycles. The quantitative estimate of drug-likeness (QED) is 0.900. The van der Waals surface area contributed by atoms with E-state index in [9.17, 15) is 4.79 Å². The lowest BCUT2D eigenvalue weighted by Crippen LogP contribution is -2.26. The van der Waals surface area contributed by atoms with E-state index in [1.807, 2.05) is 19.1 Å². The largest absolute Gasteiger partial charge is 0.382 e. The molecule has 0 radical (unpaired) electrons. The van der Waals surface area contributed by atoms with Crippen molar-refractivity contribution in [3.63, 3.8) is 0 Å². The first-order valence-electron chi connectivity index (χ1n) is 5.69. The van der Waals surface area contributed by atoms with Crippen molar-refractivity contribution in [1.29, 1.82) is 0 Å². The fraction of sp³-hybridized carbons (Fsp3) is 0.154. The average molecular weight is 277 g/mol. The van der Waals surface area contributed by atoms with Gasteiger partial charge in [0.15, 0.2) is 0 Å². The maximum absolute atomic E-state index is 12.0. The van der Waals surface area contributed by atoms with Crippen LogP contribution in [0.5, 0.6) is 0 Å². The number of anilines is 1. The van der Waals surface area contributed by atoms with Crippen molar-refractivity contribution in [2.75, 3.05) is 5.73 Å². The van der Waals surface area contributed by atoms with Gasteiger partial charge >= 0.3 is 0 Å². The maximum atomic E-state index is 12.0. The van der Waals surface area contributed by atoms with E-state index in [1.54, 1.807) is 12.4 Å². The molecule has 3 N–H and O–H groups in total. The second-order valence-corrected chi connectivity index (χ2v) is 4.48. The van der Waals surface area contributed by atoms with E-state index in [0.717, 1.165) is 5.56 Å². The van der Waals surface area contributed by atoms with Crippen molar-refractivity contribution in [3.8, 4) is 0 Å². The van der Waals surface area contributed by atoms with Crippen LogP contribution in [0.2, 0.25) is 5.02 Å². The third kappa shape index (κ3) is 3.20. The topological polar surface area (TPSA) is 80.9 Å². The number of carbonyl (C=O) groups is 1. The first kappa shape index (κ1) is 13.3. The highest BCUT2D eigenvalue weighted by atomic mass is 35.5. The van der Waals surface area contributed by atoms with E-state index in [2.05, 4.69) is 15.3 Å². The number of carbonyl (C=O) groups excluding carboxylic acids is 1. The van der Waals surface area contributed by atoms with E-state index in [4.69, 9.17) is 17.3 Å². The number of nitrogens with two attached hydrogens (primary N) is 1. The van der Waals surface area contributed by atoms with Crippen LogP contribution in [0, 0.1) is 0 Å². The van der Waals surface area contributed by atoms with Gasteiger partial charge in [0.05, 0.1) is 16.6 Å². The number of nitrogen functional groups attached to an aromatic ring is 1. The summed E-state index contributed by atoms with van der Waals surface area (Å²) < 4.78 is 0. The number of nitrogens with zero attached hydrogens (tertiary/aromatic N) is 2. The predicted octanol–water partition coefficient (Wildman–Crippen LogP) is 2.20. The molecule has 2 aromatic rings. The normalized spacial score (nSPS) is 11.9. The number of hydrogen-bond donors (Lipinski definition) is 2. The van der Waals surface area contributed by atoms with Crippen LogP contribution >= 0.6 is 11.6 Å². The average Bonchev–Trinajstić information content (AvgIpc) is 2.42. The highest BCUT2D eigenvalue weighted by Crippen LogP contribution is 2.17. The summed E-state index contributed by atoms with van der Waals surface area (Å²) in [4.78, 5) is 19.9. The number of amides is 1. The van der Waals surface area contributed by atoms with Crippen LogP contribution in [-0.4, -0.2) is 15.9 Å². The van der Waals surface area contributed by atoms with Gasteiger partial charge in [0.1, 0.15) is 5.82 Å². The molecule has 2 rings (SSSR count). The monoisotopic (exact) mass is 276 g/mol. The van der Waals surface area contributed by atoms with Crippen LogP contribution in [0.15, 0.2) is 36.8 Å². The van der Waals surface area contributed by atoms with Crippen molar-refractivity contribution in [3.05, 3.63) is 52.9 Å². The Morgan fingerprint density at radius 2 is 2.26 bits per heavy atom. The van der Waals surface area contributed by atoms with Gasteiger partial charge in [-0.15, -0.1) is 0 Å². The molecule has 0 spiro atoms. The van der Waals surface area contributed by atoms with Crippen molar-refractivity contribution < 1.29 is 4.79 Å². The lowest BCUT2D eigenvalue weighted by molar-refractivity contribution is 0.0939. The molecule has 98 valence electrons. The number of pyridine rings is 2. The van der Waals surface area contributed by atoms with Gasteiger partial charge in [0.25, 0.3) is 5.91 Å². The molecule has 0 aliphatic heterocycles.